The molecule has 0 spiro atoms. The molecule has 0 heterocycles. The van der Waals surface area contributed by atoms with E-state index in [9.17, 15) is 23.1 Å². The minimum absolute atomic E-state index is 0.00199. The summed E-state index contributed by atoms with van der Waals surface area (Å²) in [5.41, 5.74) is 0.243. The lowest BCUT2D eigenvalue weighted by Gasteiger charge is -2.17. The summed E-state index contributed by atoms with van der Waals surface area (Å²) in [6.45, 7) is 5.00. The second-order valence-corrected chi connectivity index (χ2v) is 8.94. The van der Waals surface area contributed by atoms with Gasteiger partial charge in [0.1, 0.15) is 5.75 Å². The lowest BCUT2D eigenvalue weighted by molar-refractivity contribution is 0.0729. The Bertz CT molecular complexity index is 1100. The molecule has 0 radical (unpaired) electrons. The Morgan fingerprint density at radius 3 is 2.42 bits per heavy atom. The zero-order valence-corrected chi connectivity index (χ0v) is 18.9. The molecule has 168 valence electrons. The SMILES string of the molecule is CCc1c(O)c(NC(=O)c2ccccc2NS(C)(=O)=O)cc(OC(=O)OC(C)C)c1Cl. The number of halogens is 1. The maximum Gasteiger partial charge on any atom is 0.514 e. The van der Waals surface area contributed by atoms with Gasteiger partial charge in [0.15, 0.2) is 5.75 Å². The molecule has 11 heteroatoms. The Morgan fingerprint density at radius 2 is 1.84 bits per heavy atom. The third kappa shape index (κ3) is 6.50. The van der Waals surface area contributed by atoms with E-state index >= 15 is 0 Å². The van der Waals surface area contributed by atoms with Gasteiger partial charge in [-0.25, -0.2) is 13.2 Å². The van der Waals surface area contributed by atoms with Gasteiger partial charge in [-0.15, -0.1) is 0 Å². The molecule has 2 rings (SSSR count). The number of hydrogen-bond donors (Lipinski definition) is 3. The van der Waals surface area contributed by atoms with Crippen molar-refractivity contribution in [2.24, 2.45) is 0 Å². The molecule has 0 aliphatic carbocycles. The van der Waals surface area contributed by atoms with Crippen molar-refractivity contribution in [3.05, 3.63) is 46.5 Å². The smallest absolute Gasteiger partial charge is 0.505 e. The molecule has 2 aromatic carbocycles. The number of aromatic hydroxyl groups is 1. The van der Waals surface area contributed by atoms with Crippen LogP contribution in [0.5, 0.6) is 11.5 Å². The van der Waals surface area contributed by atoms with Crippen LogP contribution < -0.4 is 14.8 Å². The van der Waals surface area contributed by atoms with Crippen LogP contribution in [0.2, 0.25) is 5.02 Å². The van der Waals surface area contributed by atoms with Crippen LogP contribution >= 0.6 is 11.6 Å². The average Bonchev–Trinajstić information content (AvgIpc) is 2.64. The van der Waals surface area contributed by atoms with Crippen LogP contribution in [0, 0.1) is 0 Å². The van der Waals surface area contributed by atoms with E-state index in [1.54, 1.807) is 32.9 Å². The van der Waals surface area contributed by atoms with Crippen molar-refractivity contribution in [2.45, 2.75) is 33.3 Å². The summed E-state index contributed by atoms with van der Waals surface area (Å²) < 4.78 is 35.5. The molecule has 0 saturated carbocycles. The van der Waals surface area contributed by atoms with E-state index in [4.69, 9.17) is 21.1 Å². The van der Waals surface area contributed by atoms with E-state index in [2.05, 4.69) is 10.0 Å². The number of phenols is 1. The number of nitrogens with one attached hydrogen (secondary N) is 2. The topological polar surface area (TPSA) is 131 Å². The van der Waals surface area contributed by atoms with Gasteiger partial charge in [0.25, 0.3) is 5.91 Å². The Hall–Kier alpha value is -2.98. The van der Waals surface area contributed by atoms with Crippen LogP contribution in [0.4, 0.5) is 16.2 Å². The van der Waals surface area contributed by atoms with Gasteiger partial charge in [-0.1, -0.05) is 30.7 Å². The highest BCUT2D eigenvalue weighted by atomic mass is 35.5. The zero-order valence-electron chi connectivity index (χ0n) is 17.4. The fraction of sp³-hybridized carbons (Fsp3) is 0.300. The van der Waals surface area contributed by atoms with Gasteiger partial charge in [0.2, 0.25) is 10.0 Å². The summed E-state index contributed by atoms with van der Waals surface area (Å²) >= 11 is 6.24. The molecule has 0 aliphatic rings. The zero-order chi connectivity index (χ0) is 23.3. The number of rotatable bonds is 7. The standard InChI is InChI=1S/C20H23ClN2O7S/c1-5-12-17(21)16(30-20(26)29-11(2)3)10-15(18(12)24)22-19(25)13-8-6-7-9-14(13)23-31(4,27)28/h6-11,23-24H,5H2,1-4H3,(H,22,25). The molecule has 3 N–H and O–H groups in total. The van der Waals surface area contributed by atoms with Crippen LogP contribution in [0.1, 0.15) is 36.7 Å². The van der Waals surface area contributed by atoms with Crippen LogP contribution in [-0.2, 0) is 21.2 Å². The Balaban J connectivity index is 2.42. The van der Waals surface area contributed by atoms with Crippen LogP contribution in [0.25, 0.3) is 0 Å². The molecule has 0 saturated heterocycles. The lowest BCUT2D eigenvalue weighted by atomic mass is 10.1. The second-order valence-electron chi connectivity index (χ2n) is 6.81. The lowest BCUT2D eigenvalue weighted by Crippen LogP contribution is -2.18. The van der Waals surface area contributed by atoms with E-state index in [0.717, 1.165) is 6.26 Å². The van der Waals surface area contributed by atoms with Crippen molar-refractivity contribution in [3.63, 3.8) is 0 Å². The normalized spacial score (nSPS) is 11.2. The van der Waals surface area contributed by atoms with Crippen LogP contribution in [0.3, 0.4) is 0 Å². The third-order valence-electron chi connectivity index (χ3n) is 3.89. The molecule has 0 atom stereocenters. The van der Waals surface area contributed by atoms with Crippen molar-refractivity contribution in [3.8, 4) is 11.5 Å². The Labute approximate surface area is 185 Å². The summed E-state index contributed by atoms with van der Waals surface area (Å²) in [5.74, 6) is -1.12. The highest BCUT2D eigenvalue weighted by molar-refractivity contribution is 7.92. The van der Waals surface area contributed by atoms with Crippen molar-refractivity contribution in [2.75, 3.05) is 16.3 Å². The number of amides is 1. The number of carbonyl (C=O) groups is 2. The molecular weight excluding hydrogens is 448 g/mol. The number of anilines is 2. The minimum atomic E-state index is -3.63. The number of ether oxygens (including phenoxy) is 2. The quantitative estimate of drug-likeness (QED) is 0.314. The summed E-state index contributed by atoms with van der Waals surface area (Å²) in [7, 11) is -3.63. The first-order valence-corrected chi connectivity index (χ1v) is 11.5. The third-order valence-corrected chi connectivity index (χ3v) is 4.90. The van der Waals surface area contributed by atoms with E-state index in [1.165, 1.54) is 18.2 Å². The van der Waals surface area contributed by atoms with Crippen molar-refractivity contribution in [1.29, 1.82) is 0 Å². The van der Waals surface area contributed by atoms with Gasteiger partial charge in [0.05, 0.1) is 34.3 Å². The molecular formula is C20H23ClN2O7S. The minimum Gasteiger partial charge on any atom is -0.505 e. The Kier molecular flexibility index (Phi) is 7.75. The van der Waals surface area contributed by atoms with Gasteiger partial charge < -0.3 is 19.9 Å². The number of hydrogen-bond acceptors (Lipinski definition) is 7. The number of phenolic OH excluding ortho intramolecular Hbond substituents is 1. The van der Waals surface area contributed by atoms with Gasteiger partial charge in [-0.3, -0.25) is 9.52 Å². The highest BCUT2D eigenvalue weighted by Crippen LogP contribution is 2.41. The summed E-state index contributed by atoms with van der Waals surface area (Å²) in [6.07, 6.45) is -0.187. The van der Waals surface area contributed by atoms with E-state index in [-0.39, 0.29) is 45.4 Å². The molecule has 9 nitrogen and oxygen atoms in total. The largest absolute Gasteiger partial charge is 0.514 e. The monoisotopic (exact) mass is 470 g/mol. The van der Waals surface area contributed by atoms with Gasteiger partial charge >= 0.3 is 6.16 Å². The predicted octanol–water partition coefficient (Wildman–Crippen LogP) is 4.16. The Morgan fingerprint density at radius 1 is 1.19 bits per heavy atom. The predicted molar refractivity (Wildman–Crippen MR) is 118 cm³/mol. The maximum absolute atomic E-state index is 12.8. The second kappa shape index (κ2) is 9.88. The molecule has 0 fully saturated rings. The van der Waals surface area contributed by atoms with Crippen molar-refractivity contribution < 1.29 is 32.6 Å². The molecule has 0 aromatic heterocycles. The molecule has 1 amide bonds. The summed E-state index contributed by atoms with van der Waals surface area (Å²) in [6, 6.07) is 7.13. The van der Waals surface area contributed by atoms with E-state index < -0.39 is 28.2 Å². The summed E-state index contributed by atoms with van der Waals surface area (Å²) in [4.78, 5) is 24.7. The number of carbonyl (C=O) groups excluding carboxylic acids is 2. The fourth-order valence-electron chi connectivity index (χ4n) is 2.64. The number of benzene rings is 2. The fourth-order valence-corrected chi connectivity index (χ4v) is 3.53. The number of para-hydroxylation sites is 1. The average molecular weight is 471 g/mol. The van der Waals surface area contributed by atoms with Gasteiger partial charge in [-0.2, -0.15) is 0 Å². The van der Waals surface area contributed by atoms with Crippen LogP contribution in [0.15, 0.2) is 30.3 Å². The van der Waals surface area contributed by atoms with Crippen molar-refractivity contribution in [1.82, 2.24) is 0 Å². The highest BCUT2D eigenvalue weighted by Gasteiger charge is 2.22. The van der Waals surface area contributed by atoms with E-state index in [0.29, 0.717) is 0 Å². The molecule has 0 bridgehead atoms. The first-order valence-electron chi connectivity index (χ1n) is 9.23. The van der Waals surface area contributed by atoms with E-state index in [1.807, 2.05) is 0 Å². The van der Waals surface area contributed by atoms with Gasteiger partial charge in [0, 0.05) is 11.6 Å². The molecule has 2 aromatic rings. The molecule has 0 unspecified atom stereocenters. The molecule has 0 aliphatic heterocycles. The van der Waals surface area contributed by atoms with Crippen molar-refractivity contribution >= 4 is 45.1 Å². The van der Waals surface area contributed by atoms with Crippen LogP contribution in [-0.4, -0.2) is 37.9 Å². The maximum atomic E-state index is 12.8. The first kappa shape index (κ1) is 24.3. The van der Waals surface area contributed by atoms with Gasteiger partial charge in [-0.05, 0) is 32.4 Å². The molecule has 31 heavy (non-hydrogen) atoms. The number of sulfonamides is 1. The first-order chi connectivity index (χ1) is 14.4. The summed E-state index contributed by atoms with van der Waals surface area (Å²) in [5, 5.41) is 13.0.